The van der Waals surface area contributed by atoms with Crippen LogP contribution < -0.4 is 4.90 Å². The first-order valence-electron chi connectivity index (χ1n) is 11.4. The number of thiazole rings is 1. The molecule has 0 radical (unpaired) electrons. The summed E-state index contributed by atoms with van der Waals surface area (Å²) in [6, 6.07) is 12.8. The van der Waals surface area contributed by atoms with Gasteiger partial charge in [-0.05, 0) is 37.3 Å². The van der Waals surface area contributed by atoms with Crippen molar-refractivity contribution in [3.63, 3.8) is 0 Å². The van der Waals surface area contributed by atoms with E-state index in [4.69, 9.17) is 0 Å². The van der Waals surface area contributed by atoms with Gasteiger partial charge in [0.15, 0.2) is 0 Å². The summed E-state index contributed by atoms with van der Waals surface area (Å²) in [7, 11) is 0. The maximum absolute atomic E-state index is 10.9. The third-order valence-corrected chi connectivity index (χ3v) is 7.85. The van der Waals surface area contributed by atoms with E-state index < -0.39 is 4.92 Å². The third kappa shape index (κ3) is 4.73. The number of hydrogen-bond acceptors (Lipinski definition) is 8. The smallest absolute Gasteiger partial charge is 0.271 e. The van der Waals surface area contributed by atoms with Gasteiger partial charge < -0.3 is 9.38 Å². The topological polar surface area (TPSA) is 87.2 Å². The number of fused-ring (bicyclic) bond motifs is 4. The molecule has 0 spiro atoms. The second-order valence-corrected chi connectivity index (χ2v) is 9.79. The van der Waals surface area contributed by atoms with Crippen LogP contribution in [0.5, 0.6) is 0 Å². The van der Waals surface area contributed by atoms with E-state index in [9.17, 15) is 10.1 Å². The van der Waals surface area contributed by atoms with Gasteiger partial charge in [0.1, 0.15) is 0 Å². The van der Waals surface area contributed by atoms with E-state index in [1.165, 1.54) is 79.5 Å². The van der Waals surface area contributed by atoms with Crippen molar-refractivity contribution in [2.45, 2.75) is 6.92 Å². The number of non-ortho nitro benzene ring substituents is 1. The van der Waals surface area contributed by atoms with Crippen LogP contribution in [0.25, 0.3) is 10.2 Å². The summed E-state index contributed by atoms with van der Waals surface area (Å²) in [4.78, 5) is 19.9. The van der Waals surface area contributed by atoms with Crippen LogP contribution in [0.15, 0.2) is 52.7 Å². The Labute approximate surface area is 196 Å². The Morgan fingerprint density at radius 3 is 2.52 bits per heavy atom. The molecule has 0 atom stereocenters. The molecule has 3 aliphatic rings. The summed E-state index contributed by atoms with van der Waals surface area (Å²) in [5.41, 5.74) is 2.56. The van der Waals surface area contributed by atoms with Crippen molar-refractivity contribution in [2.75, 3.05) is 63.8 Å². The molecule has 6 rings (SSSR count). The molecule has 10 heteroatoms. The van der Waals surface area contributed by atoms with Crippen molar-refractivity contribution >= 4 is 43.7 Å². The van der Waals surface area contributed by atoms with Crippen LogP contribution in [0.3, 0.4) is 0 Å². The lowest BCUT2D eigenvalue weighted by atomic mass is 10.1. The fourth-order valence-corrected chi connectivity index (χ4v) is 5.53. The van der Waals surface area contributed by atoms with E-state index in [-0.39, 0.29) is 5.69 Å². The molecule has 9 nitrogen and oxygen atoms in total. The van der Waals surface area contributed by atoms with Crippen molar-refractivity contribution in [3.05, 3.63) is 52.6 Å². The molecule has 172 valence electrons. The van der Waals surface area contributed by atoms with Gasteiger partial charge in [-0.15, -0.1) is 10.2 Å². The van der Waals surface area contributed by atoms with Crippen molar-refractivity contribution in [3.8, 4) is 0 Å². The molecule has 0 aliphatic carbocycles. The van der Waals surface area contributed by atoms with Gasteiger partial charge in [-0.2, -0.15) is 0 Å². The molecular weight excluding hydrogens is 438 g/mol. The standard InChI is InChI=1S/C23H28N7O2S/c1-2-28(12-16-30-13-9-27(10-14-30)11-15-30)19-5-3-18(4-6-19)25-26-23-24-21-17-20(29(31)32)7-8-22(21)33-23/h3-8,17H,2,9-16H2,1H3/q+1. The first-order chi connectivity index (χ1) is 16.0. The maximum atomic E-state index is 10.9. The van der Waals surface area contributed by atoms with Crippen molar-refractivity contribution in [1.82, 2.24) is 9.88 Å². The van der Waals surface area contributed by atoms with Crippen molar-refractivity contribution in [2.24, 2.45) is 10.2 Å². The molecule has 33 heavy (non-hydrogen) atoms. The van der Waals surface area contributed by atoms with E-state index in [1.807, 2.05) is 12.1 Å². The van der Waals surface area contributed by atoms with Crippen LogP contribution >= 0.6 is 11.3 Å². The van der Waals surface area contributed by atoms with Crippen LogP contribution in [0.2, 0.25) is 0 Å². The minimum absolute atomic E-state index is 0.0275. The molecule has 0 saturated carbocycles. The van der Waals surface area contributed by atoms with E-state index in [1.54, 1.807) is 6.07 Å². The monoisotopic (exact) mass is 466 g/mol. The lowest BCUT2D eigenvalue weighted by Gasteiger charge is -2.51. The molecular formula is C23H28N7O2S+. The van der Waals surface area contributed by atoms with Crippen LogP contribution in [-0.2, 0) is 0 Å². The molecule has 4 heterocycles. The van der Waals surface area contributed by atoms with Crippen LogP contribution in [0.4, 0.5) is 22.2 Å². The molecule has 3 aromatic rings. The summed E-state index contributed by atoms with van der Waals surface area (Å²) in [6.07, 6.45) is 0. The Bertz CT molecular complexity index is 1160. The van der Waals surface area contributed by atoms with Gasteiger partial charge in [-0.3, -0.25) is 15.0 Å². The first-order valence-corrected chi connectivity index (χ1v) is 12.2. The average molecular weight is 467 g/mol. The predicted molar refractivity (Wildman–Crippen MR) is 131 cm³/mol. The zero-order valence-electron chi connectivity index (χ0n) is 18.8. The summed E-state index contributed by atoms with van der Waals surface area (Å²) >= 11 is 1.37. The van der Waals surface area contributed by atoms with Gasteiger partial charge in [-0.25, -0.2) is 4.98 Å². The molecule has 3 fully saturated rings. The average Bonchev–Trinajstić information content (AvgIpc) is 3.27. The third-order valence-electron chi connectivity index (χ3n) is 6.93. The quantitative estimate of drug-likeness (QED) is 0.210. The zero-order valence-corrected chi connectivity index (χ0v) is 19.6. The Morgan fingerprint density at radius 1 is 1.12 bits per heavy atom. The number of rotatable bonds is 8. The van der Waals surface area contributed by atoms with Crippen molar-refractivity contribution < 1.29 is 9.41 Å². The second-order valence-electron chi connectivity index (χ2n) is 8.78. The first kappa shape index (κ1) is 21.9. The number of piperazine rings is 3. The summed E-state index contributed by atoms with van der Waals surface area (Å²) in [6.45, 7) is 13.1. The Kier molecular flexibility index (Phi) is 6.05. The van der Waals surface area contributed by atoms with Crippen LogP contribution in [0, 0.1) is 10.1 Å². The molecule has 1 aromatic heterocycles. The Morgan fingerprint density at radius 2 is 1.85 bits per heavy atom. The molecule has 3 aliphatic heterocycles. The fourth-order valence-electron chi connectivity index (χ4n) is 4.76. The van der Waals surface area contributed by atoms with E-state index in [2.05, 4.69) is 44.1 Å². The minimum Gasteiger partial charge on any atom is -0.366 e. The number of quaternary nitrogens is 1. The number of likely N-dealkylation sites (N-methyl/N-ethyl adjacent to an activating group) is 1. The second kappa shape index (κ2) is 9.12. The number of benzene rings is 2. The van der Waals surface area contributed by atoms with Crippen LogP contribution in [-0.4, -0.2) is 78.2 Å². The number of nitrogens with zero attached hydrogens (tertiary/aromatic N) is 7. The van der Waals surface area contributed by atoms with E-state index in [0.717, 1.165) is 23.5 Å². The number of azo groups is 1. The lowest BCUT2D eigenvalue weighted by molar-refractivity contribution is -0.939. The summed E-state index contributed by atoms with van der Waals surface area (Å²) in [5.74, 6) is 0. The minimum atomic E-state index is -0.419. The van der Waals surface area contributed by atoms with Gasteiger partial charge in [0.05, 0.1) is 53.6 Å². The number of hydrogen-bond donors (Lipinski definition) is 0. The fraction of sp³-hybridized carbons (Fsp3) is 0.435. The van der Waals surface area contributed by atoms with Crippen molar-refractivity contribution in [1.29, 1.82) is 0 Å². The maximum Gasteiger partial charge on any atom is 0.271 e. The van der Waals surface area contributed by atoms with E-state index in [0.29, 0.717) is 10.6 Å². The number of nitro groups is 1. The predicted octanol–water partition coefficient (Wildman–Crippen LogP) is 4.59. The SMILES string of the molecule is CCN(CC[N+]12CCN(CC1)CC2)c1ccc(N=Nc2nc3cc([N+](=O)[O-])ccc3s2)cc1. The highest BCUT2D eigenvalue weighted by Crippen LogP contribution is 2.32. The Balaban J connectivity index is 1.23. The van der Waals surface area contributed by atoms with Gasteiger partial charge in [0.2, 0.25) is 5.13 Å². The zero-order chi connectivity index (χ0) is 22.8. The molecule has 0 unspecified atom stereocenters. The van der Waals surface area contributed by atoms with Gasteiger partial charge in [0.25, 0.3) is 5.69 Å². The lowest BCUT2D eigenvalue weighted by Crippen LogP contribution is -2.68. The molecule has 0 amide bonds. The molecule has 3 saturated heterocycles. The highest BCUT2D eigenvalue weighted by Gasteiger charge is 2.38. The highest BCUT2D eigenvalue weighted by atomic mass is 32.1. The normalized spacial score (nSPS) is 22.3. The molecule has 0 N–H and O–H groups in total. The number of aromatic nitrogens is 1. The number of anilines is 1. The van der Waals surface area contributed by atoms with Gasteiger partial charge in [0, 0.05) is 44.0 Å². The summed E-state index contributed by atoms with van der Waals surface area (Å²) in [5, 5.41) is 20.0. The van der Waals surface area contributed by atoms with Gasteiger partial charge in [-0.1, -0.05) is 11.3 Å². The van der Waals surface area contributed by atoms with Gasteiger partial charge >= 0.3 is 0 Å². The Hall–Kier alpha value is -2.95. The largest absolute Gasteiger partial charge is 0.366 e. The van der Waals surface area contributed by atoms with Crippen LogP contribution in [0.1, 0.15) is 6.92 Å². The number of nitro benzene ring substituents is 1. The summed E-state index contributed by atoms with van der Waals surface area (Å²) < 4.78 is 2.12. The highest BCUT2D eigenvalue weighted by molar-refractivity contribution is 7.21. The molecule has 2 bridgehead atoms. The molecule has 2 aromatic carbocycles. The van der Waals surface area contributed by atoms with E-state index >= 15 is 0 Å².